The number of aromatic nitrogens is 1. The maximum Gasteiger partial charge on any atom is 0.270 e. The van der Waals surface area contributed by atoms with E-state index in [-0.39, 0.29) is 86.4 Å². The number of benzene rings is 3. The van der Waals surface area contributed by atoms with Gasteiger partial charge in [-0.15, -0.1) is 0 Å². The number of rotatable bonds is 20. The fourth-order valence-corrected chi connectivity index (χ4v) is 12.2. The highest BCUT2D eigenvalue weighted by Crippen LogP contribution is 2.41. The van der Waals surface area contributed by atoms with Crippen molar-refractivity contribution in [2.75, 3.05) is 6.54 Å². The van der Waals surface area contributed by atoms with Gasteiger partial charge >= 0.3 is 0 Å². The molecule has 1 aliphatic carbocycles. The van der Waals surface area contributed by atoms with Crippen LogP contribution in [-0.2, 0) is 52.4 Å². The molecule has 79 heavy (non-hydrogen) atoms. The first-order valence-electron chi connectivity index (χ1n) is 27.8. The summed E-state index contributed by atoms with van der Waals surface area (Å²) in [6.07, 6.45) is 8.96. The van der Waals surface area contributed by atoms with E-state index in [1.54, 1.807) is 12.1 Å². The maximum absolute atomic E-state index is 14.7. The number of piperidine rings is 1. The van der Waals surface area contributed by atoms with E-state index in [0.717, 1.165) is 80.5 Å². The van der Waals surface area contributed by atoms with E-state index in [2.05, 4.69) is 38.1 Å². The molecular formula is C60H68F2N8O9. The lowest BCUT2D eigenvalue weighted by atomic mass is 9.76. The minimum atomic E-state index is -3.09. The Kier molecular flexibility index (Phi) is 17.4. The minimum Gasteiger partial charge on any atom is -0.370 e. The number of nitrogens with zero attached hydrogens (tertiary/aromatic N) is 2. The van der Waals surface area contributed by atoms with E-state index in [4.69, 9.17) is 5.73 Å². The zero-order chi connectivity index (χ0) is 56.0. The Morgan fingerprint density at radius 1 is 0.873 bits per heavy atom. The van der Waals surface area contributed by atoms with Crippen molar-refractivity contribution in [2.24, 2.45) is 17.6 Å². The van der Waals surface area contributed by atoms with Crippen LogP contribution in [0, 0.1) is 23.7 Å². The summed E-state index contributed by atoms with van der Waals surface area (Å²) in [6, 6.07) is 13.7. The number of aromatic amines is 1. The van der Waals surface area contributed by atoms with Gasteiger partial charge in [0, 0.05) is 85.6 Å². The summed E-state index contributed by atoms with van der Waals surface area (Å²) in [5.41, 5.74) is 9.53. The Bertz CT molecular complexity index is 3110. The molecule has 4 aliphatic heterocycles. The number of ketones is 1. The Balaban J connectivity index is 0.801. The van der Waals surface area contributed by atoms with Gasteiger partial charge in [0.25, 0.3) is 17.7 Å². The largest absolute Gasteiger partial charge is 0.370 e. The predicted octanol–water partition coefficient (Wildman–Crippen LogP) is 6.45. The molecular weight excluding hydrogens is 1010 g/mol. The van der Waals surface area contributed by atoms with E-state index < -0.39 is 77.4 Å². The quantitative estimate of drug-likeness (QED) is 0.0323. The number of halogens is 2. The molecule has 5 aliphatic rings. The second kappa shape index (κ2) is 24.5. The van der Waals surface area contributed by atoms with Gasteiger partial charge in [-0.2, -0.15) is 0 Å². The van der Waals surface area contributed by atoms with Crippen LogP contribution in [0.4, 0.5) is 8.78 Å². The van der Waals surface area contributed by atoms with E-state index in [1.165, 1.54) is 34.1 Å². The van der Waals surface area contributed by atoms with Crippen LogP contribution in [-0.4, -0.2) is 98.5 Å². The van der Waals surface area contributed by atoms with Crippen LogP contribution in [0.1, 0.15) is 171 Å². The van der Waals surface area contributed by atoms with Crippen molar-refractivity contribution in [3.63, 3.8) is 0 Å². The molecule has 9 rings (SSSR count). The summed E-state index contributed by atoms with van der Waals surface area (Å²) in [6.45, 7) is 1.44. The number of primary amides is 1. The predicted molar refractivity (Wildman–Crippen MR) is 287 cm³/mol. The van der Waals surface area contributed by atoms with Crippen molar-refractivity contribution in [1.29, 1.82) is 0 Å². The molecule has 8 amide bonds. The average molecular weight is 1080 g/mol. The van der Waals surface area contributed by atoms with E-state index in [1.807, 2.05) is 30.3 Å². The number of H-pyrrole nitrogens is 1. The molecule has 416 valence electrons. The number of hydrogen-bond acceptors (Lipinski definition) is 9. The number of hydrogen-bond donors (Lipinski definition) is 6. The molecule has 1 saturated carbocycles. The lowest BCUT2D eigenvalue weighted by Gasteiger charge is -2.32. The third-order valence-corrected chi connectivity index (χ3v) is 16.5. The first-order valence-corrected chi connectivity index (χ1v) is 27.8. The van der Waals surface area contributed by atoms with Gasteiger partial charge in [-0.05, 0) is 104 Å². The van der Waals surface area contributed by atoms with Crippen molar-refractivity contribution >= 4 is 63.9 Å². The van der Waals surface area contributed by atoms with Crippen molar-refractivity contribution < 1.29 is 51.9 Å². The first-order chi connectivity index (χ1) is 37.9. The van der Waals surface area contributed by atoms with Gasteiger partial charge in [-0.3, -0.25) is 48.5 Å². The summed E-state index contributed by atoms with van der Waals surface area (Å²) in [5.74, 6) is -1.52. The van der Waals surface area contributed by atoms with Gasteiger partial charge < -0.3 is 36.5 Å². The zero-order valence-electron chi connectivity index (χ0n) is 44.4. The average Bonchev–Trinajstić information content (AvgIpc) is 4.32. The number of carbonyl (C=O) groups excluding carboxylic acids is 9. The van der Waals surface area contributed by atoms with Gasteiger partial charge in [-0.25, -0.2) is 8.78 Å². The third kappa shape index (κ3) is 12.9. The molecule has 19 heteroatoms. The molecule has 7 N–H and O–H groups in total. The molecule has 1 aromatic heterocycles. The van der Waals surface area contributed by atoms with Gasteiger partial charge in [0.1, 0.15) is 23.8 Å². The highest BCUT2D eigenvalue weighted by molar-refractivity contribution is 6.06. The number of imide groups is 1. The fraction of sp³-hybridized carbons (Fsp3) is 0.483. The summed E-state index contributed by atoms with van der Waals surface area (Å²) >= 11 is 0. The number of nitrogens with one attached hydrogen (secondary N) is 5. The monoisotopic (exact) mass is 1080 g/mol. The topological polar surface area (TPSA) is 250 Å². The van der Waals surface area contributed by atoms with E-state index in [0.29, 0.717) is 42.3 Å². The van der Waals surface area contributed by atoms with Gasteiger partial charge in [-0.1, -0.05) is 80.3 Å². The fourth-order valence-electron chi connectivity index (χ4n) is 12.2. The van der Waals surface area contributed by atoms with Crippen LogP contribution in [0.25, 0.3) is 10.9 Å². The Morgan fingerprint density at radius 3 is 2.43 bits per heavy atom. The molecule has 17 nitrogen and oxygen atoms in total. The van der Waals surface area contributed by atoms with Crippen LogP contribution < -0.4 is 27.0 Å². The zero-order valence-corrected chi connectivity index (χ0v) is 44.4. The number of nitrogens with two attached hydrogens (primary N) is 1. The Labute approximate surface area is 457 Å². The number of alkyl halides is 2. The second-order valence-electron chi connectivity index (χ2n) is 21.9. The number of fused-ring (bicyclic) bond motifs is 5. The van der Waals surface area contributed by atoms with Crippen LogP contribution >= 0.6 is 0 Å². The maximum atomic E-state index is 14.7. The van der Waals surface area contributed by atoms with E-state index >= 15 is 0 Å². The SMILES string of the molecule is CC(F)(F)c1ccc2[nH]c(C(=O)N[C@H]3Cc4ccccc4[C@H]4CC[C@@H](C(=O)N[C@@H](CCC(N)=O)C(=O)C[C@H](C(=O)NCCCCCCC#Cc5cccc6c5CN(C5CCC(=O)NC5=O)C6=O)C5CCCCC5)N4C3=O)cc2c1. The van der Waals surface area contributed by atoms with Crippen molar-refractivity contribution in [1.82, 2.24) is 36.1 Å². The minimum absolute atomic E-state index is 0.0614. The Morgan fingerprint density at radius 2 is 1.66 bits per heavy atom. The number of unbranched alkanes of at least 4 members (excludes halogenated alkanes) is 4. The van der Waals surface area contributed by atoms with Gasteiger partial charge in [0.2, 0.25) is 35.4 Å². The van der Waals surface area contributed by atoms with Crippen molar-refractivity contribution in [2.45, 2.75) is 165 Å². The summed E-state index contributed by atoms with van der Waals surface area (Å²) in [4.78, 5) is 127. The standard InChI is InChI=1S/C60H68F2N8O9/c1-60(61,62)39-21-22-44-38(30-39)32-46(65-44)55(75)67-47-31-37-17-10-11-19-40(37)48-24-25-50(70(48)59(47)79)57(77)66-45(23-27-52(63)72)51(71)33-42(35-14-8-6-9-15-35)54(74)64-29-12-5-3-2-4-7-16-36-18-13-20-41-43(36)34-69(58(41)78)49-26-28-53(73)68-56(49)76/h10-11,13,17-22,30,32,35,42,45,47-50,65H,2-6,8-9,12,14-15,23-29,31,33-34H2,1H3,(H2,63,72)(H,64,74)(H,66,77)(H,67,75)(H,68,73,76)/t42-,45-,47-,48+,49?,50-/m0/s1. The number of carbonyl (C=O) groups is 9. The third-order valence-electron chi connectivity index (χ3n) is 16.5. The summed E-state index contributed by atoms with van der Waals surface area (Å²) < 4.78 is 28.3. The first kappa shape index (κ1) is 56.0. The van der Waals surface area contributed by atoms with Gasteiger partial charge in [0.05, 0.1) is 12.1 Å². The van der Waals surface area contributed by atoms with Crippen molar-refractivity contribution in [3.05, 3.63) is 106 Å². The van der Waals surface area contributed by atoms with Crippen LogP contribution in [0.15, 0.2) is 66.7 Å². The van der Waals surface area contributed by atoms with Gasteiger partial charge in [0.15, 0.2) is 5.78 Å². The molecule has 4 aromatic rings. The lowest BCUT2D eigenvalue weighted by molar-refractivity contribution is -0.142. The molecule has 1 unspecified atom stereocenters. The van der Waals surface area contributed by atoms with E-state index in [9.17, 15) is 51.9 Å². The molecule has 3 fully saturated rings. The number of Topliss-reactive ketones (excluding diaryl/α,β-unsaturated/α-hetero) is 1. The highest BCUT2D eigenvalue weighted by Gasteiger charge is 2.48. The van der Waals surface area contributed by atoms with Crippen LogP contribution in [0.3, 0.4) is 0 Å². The molecule has 6 atom stereocenters. The van der Waals surface area contributed by atoms with Crippen LogP contribution in [0.2, 0.25) is 0 Å². The highest BCUT2D eigenvalue weighted by atomic mass is 19.3. The molecule has 3 aromatic carbocycles. The summed E-state index contributed by atoms with van der Waals surface area (Å²) in [5, 5.41) is 11.5. The molecule has 0 radical (unpaired) electrons. The second-order valence-corrected chi connectivity index (χ2v) is 21.9. The lowest BCUT2D eigenvalue weighted by Crippen LogP contribution is -2.55. The van der Waals surface area contributed by atoms with Crippen molar-refractivity contribution in [3.8, 4) is 11.8 Å². The van der Waals surface area contributed by atoms with Crippen LogP contribution in [0.5, 0.6) is 0 Å². The molecule has 0 bridgehead atoms. The summed E-state index contributed by atoms with van der Waals surface area (Å²) in [7, 11) is 0. The molecule has 0 spiro atoms. The Hall–Kier alpha value is -7.75. The smallest absolute Gasteiger partial charge is 0.270 e. The normalized spacial score (nSPS) is 20.9. The molecule has 5 heterocycles. The number of amides is 8. The molecule has 2 saturated heterocycles.